The number of ketones is 3. The first-order valence-corrected chi connectivity index (χ1v) is 11.1. The Balaban J connectivity index is 1.91. The minimum absolute atomic E-state index is 0.0207. The molecule has 0 amide bonds. The van der Waals surface area contributed by atoms with E-state index in [-0.39, 0.29) is 38.7 Å². The maximum atomic E-state index is 12.6. The third kappa shape index (κ3) is 9.25. The molecule has 1 atom stereocenters. The third-order valence-corrected chi connectivity index (χ3v) is 4.95. The molecule has 0 N–H and O–H groups in total. The predicted molar refractivity (Wildman–Crippen MR) is 118 cm³/mol. The lowest BCUT2D eigenvalue weighted by atomic mass is 9.95. The monoisotopic (exact) mass is 474 g/mol. The van der Waals surface area contributed by atoms with E-state index in [1.54, 1.807) is 45.0 Å². The lowest BCUT2D eigenvalue weighted by Gasteiger charge is -2.23. The number of Topliss-reactive ketones (excluding diaryl/α,β-unsaturated/α-hetero) is 3. The van der Waals surface area contributed by atoms with Crippen LogP contribution in [0.15, 0.2) is 30.3 Å². The average Bonchev–Trinajstić information content (AvgIpc) is 3.06. The molecule has 1 aliphatic carbocycles. The van der Waals surface area contributed by atoms with Crippen LogP contribution in [0.4, 0.5) is 0 Å². The Hall–Kier alpha value is -3.36. The van der Waals surface area contributed by atoms with Crippen molar-refractivity contribution in [1.82, 2.24) is 0 Å². The highest BCUT2D eigenvalue weighted by Crippen LogP contribution is 2.21. The van der Waals surface area contributed by atoms with E-state index in [0.717, 1.165) is 5.56 Å². The van der Waals surface area contributed by atoms with E-state index in [1.807, 2.05) is 6.07 Å². The van der Waals surface area contributed by atoms with Crippen LogP contribution in [-0.4, -0.2) is 47.0 Å². The molecule has 1 saturated carbocycles. The topological polar surface area (TPSA) is 130 Å². The average molecular weight is 475 g/mol. The van der Waals surface area contributed by atoms with Gasteiger partial charge in [0.05, 0.1) is 5.92 Å². The highest BCUT2D eigenvalue weighted by atomic mass is 16.6. The van der Waals surface area contributed by atoms with Crippen molar-refractivity contribution in [3.8, 4) is 0 Å². The fourth-order valence-electron chi connectivity index (χ4n) is 3.29. The van der Waals surface area contributed by atoms with Crippen molar-refractivity contribution in [3.63, 3.8) is 0 Å². The molecule has 9 nitrogen and oxygen atoms in total. The van der Waals surface area contributed by atoms with Crippen LogP contribution in [0.1, 0.15) is 64.9 Å². The molecule has 1 aromatic carbocycles. The Morgan fingerprint density at radius 3 is 2.18 bits per heavy atom. The molecule has 34 heavy (non-hydrogen) atoms. The fraction of sp³-hybridized carbons (Fsp3) is 0.520. The quantitative estimate of drug-likeness (QED) is 0.270. The molecule has 0 aliphatic heterocycles. The minimum atomic E-state index is -1.39. The lowest BCUT2D eigenvalue weighted by molar-refractivity contribution is -0.163. The zero-order valence-corrected chi connectivity index (χ0v) is 19.7. The minimum Gasteiger partial charge on any atom is -0.460 e. The summed E-state index contributed by atoms with van der Waals surface area (Å²) in [6.45, 7) is 5.01. The summed E-state index contributed by atoms with van der Waals surface area (Å²) >= 11 is 0. The summed E-state index contributed by atoms with van der Waals surface area (Å²) in [7, 11) is 0. The maximum Gasteiger partial charge on any atom is 0.313 e. The first kappa shape index (κ1) is 26.9. The summed E-state index contributed by atoms with van der Waals surface area (Å²) in [6.07, 6.45) is -2.59. The molecule has 0 heterocycles. The Morgan fingerprint density at radius 2 is 1.59 bits per heavy atom. The predicted octanol–water partition coefficient (Wildman–Crippen LogP) is 2.66. The van der Waals surface area contributed by atoms with Crippen molar-refractivity contribution in [1.29, 1.82) is 0 Å². The molecule has 0 aromatic heterocycles. The molecule has 1 fully saturated rings. The van der Waals surface area contributed by atoms with Crippen LogP contribution in [0.2, 0.25) is 0 Å². The van der Waals surface area contributed by atoms with Crippen LogP contribution in [0.5, 0.6) is 0 Å². The Kier molecular flexibility index (Phi) is 9.65. The molecule has 9 heteroatoms. The number of rotatable bonds is 11. The van der Waals surface area contributed by atoms with E-state index >= 15 is 0 Å². The summed E-state index contributed by atoms with van der Waals surface area (Å²) in [6, 6.07) is 8.97. The van der Waals surface area contributed by atoms with Crippen LogP contribution >= 0.6 is 0 Å². The van der Waals surface area contributed by atoms with Crippen LogP contribution < -0.4 is 0 Å². The van der Waals surface area contributed by atoms with Crippen molar-refractivity contribution in [2.24, 2.45) is 5.92 Å². The number of hydrogen-bond acceptors (Lipinski definition) is 9. The second-order valence-electron chi connectivity index (χ2n) is 9.14. The van der Waals surface area contributed by atoms with Gasteiger partial charge in [-0.05, 0) is 32.8 Å². The number of esters is 3. The van der Waals surface area contributed by atoms with Gasteiger partial charge >= 0.3 is 17.9 Å². The molecule has 1 aromatic rings. The van der Waals surface area contributed by atoms with Gasteiger partial charge in [-0.2, -0.15) is 0 Å². The molecule has 0 saturated heterocycles. The number of carbonyl (C=O) groups is 6. The molecule has 184 valence electrons. The molecule has 1 unspecified atom stereocenters. The van der Waals surface area contributed by atoms with Crippen LogP contribution in [0, 0.1) is 5.92 Å². The molecular formula is C25H30O9. The van der Waals surface area contributed by atoms with E-state index in [1.165, 1.54) is 0 Å². The van der Waals surface area contributed by atoms with Gasteiger partial charge < -0.3 is 14.2 Å². The number of carbonyl (C=O) groups excluding carboxylic acids is 6. The first-order chi connectivity index (χ1) is 15.9. The highest BCUT2D eigenvalue weighted by molar-refractivity contribution is 6.12. The van der Waals surface area contributed by atoms with Gasteiger partial charge in [0.2, 0.25) is 6.10 Å². The van der Waals surface area contributed by atoms with E-state index in [9.17, 15) is 28.8 Å². The third-order valence-electron chi connectivity index (χ3n) is 4.95. The van der Waals surface area contributed by atoms with Crippen LogP contribution in [-0.2, 0) is 49.6 Å². The van der Waals surface area contributed by atoms with E-state index < -0.39 is 59.3 Å². The normalized spacial score (nSPS) is 15.0. The standard InChI is InChI=1S/C25H30O9/c1-25(2,3)34-24(31)17(9-12-21(29)33-23-19(27)10-11-20(23)28)13-18(26)14-22(30)32-15-16-7-5-4-6-8-16/h4-8,17,23H,9-15H2,1-3H3. The fourth-order valence-corrected chi connectivity index (χ4v) is 3.29. The summed E-state index contributed by atoms with van der Waals surface area (Å²) in [4.78, 5) is 72.5. The zero-order chi connectivity index (χ0) is 25.3. The Labute approximate surface area is 198 Å². The molecule has 0 bridgehead atoms. The van der Waals surface area contributed by atoms with E-state index in [4.69, 9.17) is 14.2 Å². The number of benzene rings is 1. The summed E-state index contributed by atoms with van der Waals surface area (Å²) < 4.78 is 15.4. The molecule has 2 rings (SSSR count). The highest BCUT2D eigenvalue weighted by Gasteiger charge is 2.36. The van der Waals surface area contributed by atoms with Crippen LogP contribution in [0.3, 0.4) is 0 Å². The van der Waals surface area contributed by atoms with Crippen molar-refractivity contribution in [2.75, 3.05) is 0 Å². The summed E-state index contributed by atoms with van der Waals surface area (Å²) in [5.74, 6) is -4.69. The maximum absolute atomic E-state index is 12.6. The zero-order valence-electron chi connectivity index (χ0n) is 19.7. The van der Waals surface area contributed by atoms with Gasteiger partial charge in [-0.1, -0.05) is 30.3 Å². The van der Waals surface area contributed by atoms with Crippen molar-refractivity contribution >= 4 is 35.3 Å². The van der Waals surface area contributed by atoms with Gasteiger partial charge in [0, 0.05) is 25.7 Å². The van der Waals surface area contributed by atoms with Gasteiger partial charge in [-0.25, -0.2) is 0 Å². The summed E-state index contributed by atoms with van der Waals surface area (Å²) in [5.41, 5.74) is -0.0522. The van der Waals surface area contributed by atoms with E-state index in [2.05, 4.69) is 0 Å². The molecule has 1 aliphatic rings. The van der Waals surface area contributed by atoms with Gasteiger partial charge in [0.15, 0.2) is 11.6 Å². The van der Waals surface area contributed by atoms with Gasteiger partial charge in [-0.3, -0.25) is 28.8 Å². The SMILES string of the molecule is CC(C)(C)OC(=O)C(CCC(=O)OC1C(=O)CCC1=O)CC(=O)CC(=O)OCc1ccccc1. The molecule has 0 radical (unpaired) electrons. The number of ether oxygens (including phenoxy) is 3. The second kappa shape index (κ2) is 12.2. The van der Waals surface area contributed by atoms with Crippen molar-refractivity contribution < 1.29 is 43.0 Å². The second-order valence-corrected chi connectivity index (χ2v) is 9.14. The Morgan fingerprint density at radius 1 is 0.971 bits per heavy atom. The lowest BCUT2D eigenvalue weighted by Crippen LogP contribution is -2.32. The van der Waals surface area contributed by atoms with Gasteiger partial charge in [-0.15, -0.1) is 0 Å². The van der Waals surface area contributed by atoms with Crippen LogP contribution in [0.25, 0.3) is 0 Å². The molecule has 0 spiro atoms. The van der Waals surface area contributed by atoms with Crippen molar-refractivity contribution in [3.05, 3.63) is 35.9 Å². The van der Waals surface area contributed by atoms with Gasteiger partial charge in [0.1, 0.15) is 24.4 Å². The molecular weight excluding hydrogens is 444 g/mol. The largest absolute Gasteiger partial charge is 0.460 e. The first-order valence-electron chi connectivity index (χ1n) is 11.1. The van der Waals surface area contributed by atoms with Crippen molar-refractivity contribution in [2.45, 2.75) is 77.6 Å². The summed E-state index contributed by atoms with van der Waals surface area (Å²) in [5, 5.41) is 0. The van der Waals surface area contributed by atoms with Gasteiger partial charge in [0.25, 0.3) is 0 Å². The number of hydrogen-bond donors (Lipinski definition) is 0. The smallest absolute Gasteiger partial charge is 0.313 e. The van der Waals surface area contributed by atoms with E-state index in [0.29, 0.717) is 0 Å². The Bertz CT molecular complexity index is 911.